The van der Waals surface area contributed by atoms with Crippen molar-refractivity contribution in [1.82, 2.24) is 0 Å². The lowest BCUT2D eigenvalue weighted by Crippen LogP contribution is -2.16. The zero-order valence-corrected chi connectivity index (χ0v) is 11.2. The van der Waals surface area contributed by atoms with Crippen molar-refractivity contribution < 1.29 is 0 Å². The van der Waals surface area contributed by atoms with Gasteiger partial charge in [0, 0.05) is 9.64 Å². The maximum atomic E-state index is 2.28. The van der Waals surface area contributed by atoms with Gasteiger partial charge in [0.25, 0.3) is 0 Å². The van der Waals surface area contributed by atoms with Gasteiger partial charge in [-0.05, 0) is 12.1 Å². The van der Waals surface area contributed by atoms with Crippen LogP contribution in [-0.2, 0) is 0 Å². The standard InChI is InChI=1S/C13H20BS/c1-10(2)14-11-6-8-12(9-7-11)15-13(3,4)5/h6-10H,1-5H3. The minimum Gasteiger partial charge on any atom is -0.120 e. The Balaban J connectivity index is 2.64. The second-order valence-electron chi connectivity index (χ2n) is 5.19. The molecule has 0 atom stereocenters. The van der Waals surface area contributed by atoms with Gasteiger partial charge >= 0.3 is 0 Å². The van der Waals surface area contributed by atoms with E-state index in [1.54, 1.807) is 0 Å². The number of hydrogen-bond donors (Lipinski definition) is 0. The Labute approximate surface area is 99.1 Å². The van der Waals surface area contributed by atoms with E-state index < -0.39 is 0 Å². The number of benzene rings is 1. The molecule has 0 unspecified atom stereocenters. The van der Waals surface area contributed by atoms with Crippen LogP contribution in [0.3, 0.4) is 0 Å². The first kappa shape index (κ1) is 12.7. The maximum Gasteiger partial charge on any atom is 0.154 e. The van der Waals surface area contributed by atoms with Gasteiger partial charge in [-0.25, -0.2) is 0 Å². The van der Waals surface area contributed by atoms with Crippen LogP contribution in [0.1, 0.15) is 34.6 Å². The van der Waals surface area contributed by atoms with Crippen molar-refractivity contribution in [3.05, 3.63) is 24.3 Å². The number of thioether (sulfide) groups is 1. The van der Waals surface area contributed by atoms with E-state index >= 15 is 0 Å². The van der Waals surface area contributed by atoms with E-state index in [2.05, 4.69) is 66.2 Å². The van der Waals surface area contributed by atoms with E-state index in [0.29, 0.717) is 10.6 Å². The number of hydrogen-bond acceptors (Lipinski definition) is 1. The Hall–Kier alpha value is -0.365. The molecule has 0 aliphatic carbocycles. The van der Waals surface area contributed by atoms with E-state index in [1.165, 1.54) is 10.4 Å². The molecule has 0 heterocycles. The molecule has 0 saturated heterocycles. The Morgan fingerprint density at radius 2 is 1.60 bits per heavy atom. The summed E-state index contributed by atoms with van der Waals surface area (Å²) in [4.78, 5) is 1.35. The van der Waals surface area contributed by atoms with Gasteiger partial charge < -0.3 is 0 Å². The molecule has 1 aromatic carbocycles. The molecule has 1 radical (unpaired) electrons. The van der Waals surface area contributed by atoms with Crippen LogP contribution in [0.25, 0.3) is 0 Å². The minimum atomic E-state index is 0.295. The van der Waals surface area contributed by atoms with E-state index in [0.717, 1.165) is 0 Å². The van der Waals surface area contributed by atoms with Crippen LogP contribution < -0.4 is 5.46 Å². The molecule has 2 heteroatoms. The summed E-state index contributed by atoms with van der Waals surface area (Å²) >= 11 is 1.91. The average Bonchev–Trinajstić information content (AvgIpc) is 2.05. The zero-order chi connectivity index (χ0) is 11.5. The molecule has 15 heavy (non-hydrogen) atoms. The lowest BCUT2D eigenvalue weighted by molar-refractivity contribution is 0.803. The third-order valence-electron chi connectivity index (χ3n) is 1.83. The average molecular weight is 219 g/mol. The summed E-state index contributed by atoms with van der Waals surface area (Å²) < 4.78 is 0.295. The van der Waals surface area contributed by atoms with Crippen molar-refractivity contribution in [2.45, 2.75) is 50.1 Å². The highest BCUT2D eigenvalue weighted by Crippen LogP contribution is 2.30. The summed E-state index contributed by atoms with van der Waals surface area (Å²) in [5.74, 6) is 0.617. The van der Waals surface area contributed by atoms with Crippen molar-refractivity contribution in [3.8, 4) is 0 Å². The highest BCUT2D eigenvalue weighted by atomic mass is 32.2. The summed E-state index contributed by atoms with van der Waals surface area (Å²) in [5, 5.41) is 0. The molecule has 1 aromatic rings. The Kier molecular flexibility index (Phi) is 4.33. The highest BCUT2D eigenvalue weighted by Gasteiger charge is 2.11. The topological polar surface area (TPSA) is 0 Å². The van der Waals surface area contributed by atoms with Gasteiger partial charge in [0.15, 0.2) is 7.28 Å². The van der Waals surface area contributed by atoms with Crippen LogP contribution >= 0.6 is 11.8 Å². The van der Waals surface area contributed by atoms with Crippen LogP contribution in [0.5, 0.6) is 0 Å². The quantitative estimate of drug-likeness (QED) is 0.551. The Bertz CT molecular complexity index is 295. The second kappa shape index (κ2) is 5.11. The molecule has 1 rings (SSSR count). The van der Waals surface area contributed by atoms with Gasteiger partial charge in [-0.1, -0.05) is 58.0 Å². The van der Waals surface area contributed by atoms with Gasteiger partial charge in [0.05, 0.1) is 0 Å². The zero-order valence-electron chi connectivity index (χ0n) is 10.4. The number of rotatable bonds is 3. The third-order valence-corrected chi connectivity index (χ3v) is 2.95. The van der Waals surface area contributed by atoms with Crippen LogP contribution in [0, 0.1) is 0 Å². The fourth-order valence-electron chi connectivity index (χ4n) is 1.39. The maximum absolute atomic E-state index is 2.28. The molecule has 0 nitrogen and oxygen atoms in total. The van der Waals surface area contributed by atoms with Crippen molar-refractivity contribution in [1.29, 1.82) is 0 Å². The fourth-order valence-corrected chi connectivity index (χ4v) is 2.36. The van der Waals surface area contributed by atoms with Crippen molar-refractivity contribution >= 4 is 24.5 Å². The molecular weight excluding hydrogens is 199 g/mol. The van der Waals surface area contributed by atoms with Crippen LogP contribution in [0.15, 0.2) is 29.2 Å². The van der Waals surface area contributed by atoms with Gasteiger partial charge in [0.2, 0.25) is 0 Å². The molecule has 0 fully saturated rings. The summed E-state index contributed by atoms with van der Waals surface area (Å²) in [6.45, 7) is 11.1. The second-order valence-corrected chi connectivity index (χ2v) is 7.09. The predicted molar refractivity (Wildman–Crippen MR) is 72.5 cm³/mol. The SMILES string of the molecule is CC(C)[B]c1ccc(SC(C)(C)C)cc1. The molecule has 0 aliphatic heterocycles. The molecule has 0 spiro atoms. The largest absolute Gasteiger partial charge is 0.154 e. The minimum absolute atomic E-state index is 0.295. The smallest absolute Gasteiger partial charge is 0.120 e. The fraction of sp³-hybridized carbons (Fsp3) is 0.538. The van der Waals surface area contributed by atoms with Crippen molar-refractivity contribution in [3.63, 3.8) is 0 Å². The molecule has 0 N–H and O–H groups in total. The molecule has 0 aromatic heterocycles. The predicted octanol–water partition coefficient (Wildman–Crippen LogP) is 3.74. The summed E-state index contributed by atoms with van der Waals surface area (Å²) in [7, 11) is 2.28. The van der Waals surface area contributed by atoms with Crippen LogP contribution in [-0.4, -0.2) is 12.0 Å². The molecule has 81 valence electrons. The first-order valence-corrected chi connectivity index (χ1v) is 6.32. The normalized spacial score (nSPS) is 11.9. The first-order chi connectivity index (χ1) is 6.87. The molecule has 0 amide bonds. The molecular formula is C13H20BS. The van der Waals surface area contributed by atoms with Gasteiger partial charge in [0.1, 0.15) is 0 Å². The molecule has 0 bridgehead atoms. The van der Waals surface area contributed by atoms with E-state index in [-0.39, 0.29) is 0 Å². The van der Waals surface area contributed by atoms with Crippen LogP contribution in [0.2, 0.25) is 5.82 Å². The van der Waals surface area contributed by atoms with E-state index in [1.807, 2.05) is 11.8 Å². The highest BCUT2D eigenvalue weighted by molar-refractivity contribution is 8.00. The van der Waals surface area contributed by atoms with Crippen molar-refractivity contribution in [2.24, 2.45) is 0 Å². The monoisotopic (exact) mass is 219 g/mol. The van der Waals surface area contributed by atoms with Gasteiger partial charge in [-0.15, -0.1) is 11.8 Å². The lowest BCUT2D eigenvalue weighted by atomic mass is 9.61. The Morgan fingerprint density at radius 1 is 1.07 bits per heavy atom. The Morgan fingerprint density at radius 3 is 2.00 bits per heavy atom. The first-order valence-electron chi connectivity index (χ1n) is 5.51. The lowest BCUT2D eigenvalue weighted by Gasteiger charge is -2.17. The molecule has 0 saturated carbocycles. The summed E-state index contributed by atoms with van der Waals surface area (Å²) in [6.07, 6.45) is 0. The summed E-state index contributed by atoms with van der Waals surface area (Å²) in [5.41, 5.74) is 1.32. The van der Waals surface area contributed by atoms with Gasteiger partial charge in [-0.3, -0.25) is 0 Å². The van der Waals surface area contributed by atoms with Crippen molar-refractivity contribution in [2.75, 3.05) is 0 Å². The third kappa shape index (κ3) is 5.32. The van der Waals surface area contributed by atoms with E-state index in [9.17, 15) is 0 Å². The molecule has 0 aliphatic rings. The summed E-state index contributed by atoms with van der Waals surface area (Å²) in [6, 6.07) is 8.83. The van der Waals surface area contributed by atoms with Crippen LogP contribution in [0.4, 0.5) is 0 Å². The van der Waals surface area contributed by atoms with Gasteiger partial charge in [-0.2, -0.15) is 0 Å². The van der Waals surface area contributed by atoms with E-state index in [4.69, 9.17) is 0 Å².